The summed E-state index contributed by atoms with van der Waals surface area (Å²) in [5.41, 5.74) is 0. The molecule has 0 aromatic carbocycles. The topological polar surface area (TPSA) is 18.5 Å². The molecule has 0 bridgehead atoms. The van der Waals surface area contributed by atoms with Gasteiger partial charge in [-0.15, -0.1) is 0 Å². The normalized spacial score (nSPS) is 26.8. The fraction of sp³-hybridized carbons (Fsp3) is 1.00. The predicted octanol–water partition coefficient (Wildman–Crippen LogP) is 3.40. The Morgan fingerprint density at radius 1 is 1.13 bits per heavy atom. The molecule has 1 rings (SSSR count). The Kier molecular flexibility index (Phi) is 7.03. The molecule has 2 atom stereocenters. The molecule has 0 aromatic rings. The van der Waals surface area contributed by atoms with E-state index >= 15 is 0 Å². The minimum absolute atomic E-state index is 0.449. The van der Waals surface area contributed by atoms with Gasteiger partial charge in [0.05, 0.1) is 12.7 Å². The lowest BCUT2D eigenvalue weighted by atomic mass is 9.87. The molecule has 0 heterocycles. The van der Waals surface area contributed by atoms with E-state index in [-0.39, 0.29) is 0 Å². The third-order valence-electron chi connectivity index (χ3n) is 3.37. The first-order valence-electron chi connectivity index (χ1n) is 6.49. The van der Waals surface area contributed by atoms with Crippen LogP contribution in [0.15, 0.2) is 0 Å². The standard InChI is InChI=1S/C13H26O2/c1-3-4-7-10-15-11-12-8-5-6-9-13(12)14-2/h12-13H,3-11H2,1-2H3. The van der Waals surface area contributed by atoms with Crippen LogP contribution in [0, 0.1) is 5.92 Å². The SMILES string of the molecule is CCCCCOCC1CCCCC1OC. The Bertz CT molecular complexity index is 147. The predicted molar refractivity (Wildman–Crippen MR) is 63.1 cm³/mol. The number of hydrogen-bond donors (Lipinski definition) is 0. The van der Waals surface area contributed by atoms with Crippen LogP contribution < -0.4 is 0 Å². The largest absolute Gasteiger partial charge is 0.381 e. The van der Waals surface area contributed by atoms with E-state index in [0.29, 0.717) is 12.0 Å². The first kappa shape index (κ1) is 13.0. The van der Waals surface area contributed by atoms with E-state index in [1.807, 2.05) is 7.11 Å². The second-order valence-electron chi connectivity index (χ2n) is 4.60. The maximum atomic E-state index is 5.73. The van der Waals surface area contributed by atoms with Crippen LogP contribution in [0.3, 0.4) is 0 Å². The van der Waals surface area contributed by atoms with Gasteiger partial charge in [-0.25, -0.2) is 0 Å². The van der Waals surface area contributed by atoms with Crippen molar-refractivity contribution >= 4 is 0 Å². The fourth-order valence-corrected chi connectivity index (χ4v) is 2.36. The van der Waals surface area contributed by atoms with Crippen LogP contribution in [0.1, 0.15) is 51.9 Å². The molecule has 2 unspecified atom stereocenters. The molecule has 2 nitrogen and oxygen atoms in total. The summed E-state index contributed by atoms with van der Waals surface area (Å²) in [6.45, 7) is 4.06. The second kappa shape index (κ2) is 8.12. The monoisotopic (exact) mass is 214 g/mol. The molecular formula is C13H26O2. The van der Waals surface area contributed by atoms with Gasteiger partial charge in [0.2, 0.25) is 0 Å². The van der Waals surface area contributed by atoms with Gasteiger partial charge >= 0.3 is 0 Å². The maximum Gasteiger partial charge on any atom is 0.0621 e. The summed E-state index contributed by atoms with van der Waals surface area (Å²) < 4.78 is 11.2. The molecule has 0 aromatic heterocycles. The van der Waals surface area contributed by atoms with E-state index in [4.69, 9.17) is 9.47 Å². The highest BCUT2D eigenvalue weighted by Gasteiger charge is 2.24. The third kappa shape index (κ3) is 4.98. The van der Waals surface area contributed by atoms with Crippen molar-refractivity contribution in [3.8, 4) is 0 Å². The van der Waals surface area contributed by atoms with Gasteiger partial charge in [0.15, 0.2) is 0 Å². The van der Waals surface area contributed by atoms with Gasteiger partial charge in [-0.1, -0.05) is 32.6 Å². The molecule has 0 N–H and O–H groups in total. The van der Waals surface area contributed by atoms with E-state index in [1.54, 1.807) is 0 Å². The molecule has 1 aliphatic carbocycles. The van der Waals surface area contributed by atoms with Gasteiger partial charge in [0.1, 0.15) is 0 Å². The molecule has 0 aliphatic heterocycles. The molecule has 15 heavy (non-hydrogen) atoms. The number of rotatable bonds is 7. The molecule has 0 radical (unpaired) electrons. The summed E-state index contributed by atoms with van der Waals surface area (Å²) >= 11 is 0. The van der Waals surface area contributed by atoms with Gasteiger partial charge < -0.3 is 9.47 Å². The van der Waals surface area contributed by atoms with Crippen molar-refractivity contribution in [1.82, 2.24) is 0 Å². The van der Waals surface area contributed by atoms with Crippen molar-refractivity contribution in [2.24, 2.45) is 5.92 Å². The van der Waals surface area contributed by atoms with E-state index in [2.05, 4.69) is 6.92 Å². The Morgan fingerprint density at radius 2 is 1.93 bits per heavy atom. The maximum absolute atomic E-state index is 5.73. The van der Waals surface area contributed by atoms with Crippen molar-refractivity contribution in [2.45, 2.75) is 58.0 Å². The van der Waals surface area contributed by atoms with Crippen LogP contribution in [0.4, 0.5) is 0 Å². The van der Waals surface area contributed by atoms with E-state index in [1.165, 1.54) is 44.9 Å². The smallest absolute Gasteiger partial charge is 0.0621 e. The van der Waals surface area contributed by atoms with Crippen LogP contribution in [0.2, 0.25) is 0 Å². The van der Waals surface area contributed by atoms with Crippen molar-refractivity contribution < 1.29 is 9.47 Å². The molecule has 1 saturated carbocycles. The highest BCUT2D eigenvalue weighted by atomic mass is 16.5. The van der Waals surface area contributed by atoms with Gasteiger partial charge in [0.25, 0.3) is 0 Å². The Balaban J connectivity index is 2.07. The van der Waals surface area contributed by atoms with Crippen LogP contribution in [0.5, 0.6) is 0 Å². The summed E-state index contributed by atoms with van der Waals surface area (Å²) in [5, 5.41) is 0. The minimum Gasteiger partial charge on any atom is -0.381 e. The Morgan fingerprint density at radius 3 is 2.67 bits per heavy atom. The van der Waals surface area contributed by atoms with E-state index in [0.717, 1.165) is 13.2 Å². The molecule has 0 amide bonds. The lowest BCUT2D eigenvalue weighted by Crippen LogP contribution is -2.30. The fourth-order valence-electron chi connectivity index (χ4n) is 2.36. The van der Waals surface area contributed by atoms with Gasteiger partial charge in [-0.05, 0) is 19.3 Å². The molecule has 1 aliphatic rings. The average Bonchev–Trinajstić information content (AvgIpc) is 2.29. The number of ether oxygens (including phenoxy) is 2. The Labute approximate surface area is 94.3 Å². The molecule has 90 valence electrons. The van der Waals surface area contributed by atoms with E-state index in [9.17, 15) is 0 Å². The van der Waals surface area contributed by atoms with Gasteiger partial charge in [0, 0.05) is 19.6 Å². The van der Waals surface area contributed by atoms with Crippen LogP contribution in [-0.4, -0.2) is 26.4 Å². The number of hydrogen-bond acceptors (Lipinski definition) is 2. The highest BCUT2D eigenvalue weighted by Crippen LogP contribution is 2.26. The summed E-state index contributed by atoms with van der Waals surface area (Å²) in [5.74, 6) is 0.644. The first-order chi connectivity index (χ1) is 7.38. The summed E-state index contributed by atoms with van der Waals surface area (Å²) in [4.78, 5) is 0. The molecule has 2 heteroatoms. The highest BCUT2D eigenvalue weighted by molar-refractivity contribution is 4.75. The zero-order valence-electron chi connectivity index (χ0n) is 10.3. The zero-order chi connectivity index (χ0) is 10.9. The van der Waals surface area contributed by atoms with Crippen molar-refractivity contribution in [1.29, 1.82) is 0 Å². The first-order valence-corrected chi connectivity index (χ1v) is 6.49. The Hall–Kier alpha value is -0.0800. The summed E-state index contributed by atoms with van der Waals surface area (Å²) in [6, 6.07) is 0. The molecule has 0 spiro atoms. The molecule has 0 saturated heterocycles. The van der Waals surface area contributed by atoms with Crippen LogP contribution >= 0.6 is 0 Å². The van der Waals surface area contributed by atoms with Crippen molar-refractivity contribution in [2.75, 3.05) is 20.3 Å². The van der Waals surface area contributed by atoms with Crippen LogP contribution in [0.25, 0.3) is 0 Å². The minimum atomic E-state index is 0.449. The van der Waals surface area contributed by atoms with Gasteiger partial charge in [-0.2, -0.15) is 0 Å². The zero-order valence-corrected chi connectivity index (χ0v) is 10.3. The average molecular weight is 214 g/mol. The van der Waals surface area contributed by atoms with Gasteiger partial charge in [-0.3, -0.25) is 0 Å². The number of methoxy groups -OCH3 is 1. The molecule has 1 fully saturated rings. The second-order valence-corrected chi connectivity index (χ2v) is 4.60. The quantitative estimate of drug-likeness (QED) is 0.605. The summed E-state index contributed by atoms with van der Waals surface area (Å²) in [7, 11) is 1.83. The lowest BCUT2D eigenvalue weighted by molar-refractivity contribution is -0.0207. The number of unbranched alkanes of at least 4 members (excludes halogenated alkanes) is 2. The summed E-state index contributed by atoms with van der Waals surface area (Å²) in [6.07, 6.45) is 9.40. The lowest BCUT2D eigenvalue weighted by Gasteiger charge is -2.30. The van der Waals surface area contributed by atoms with Crippen molar-refractivity contribution in [3.05, 3.63) is 0 Å². The third-order valence-corrected chi connectivity index (χ3v) is 3.37. The molecular weight excluding hydrogens is 188 g/mol. The van der Waals surface area contributed by atoms with Crippen LogP contribution in [-0.2, 0) is 9.47 Å². The van der Waals surface area contributed by atoms with Crippen molar-refractivity contribution in [3.63, 3.8) is 0 Å². The van der Waals surface area contributed by atoms with E-state index < -0.39 is 0 Å².